The summed E-state index contributed by atoms with van der Waals surface area (Å²) >= 11 is 18.8. The monoisotopic (exact) mass is 457 g/mol. The molecule has 0 aliphatic heterocycles. The summed E-state index contributed by atoms with van der Waals surface area (Å²) in [6, 6.07) is 2.33. The molecule has 0 fully saturated rings. The van der Waals surface area contributed by atoms with Crippen LogP contribution >= 0.6 is 34.8 Å². The summed E-state index contributed by atoms with van der Waals surface area (Å²) in [6.07, 6.45) is 3.80. The van der Waals surface area contributed by atoms with E-state index in [0.717, 1.165) is 0 Å². The molecule has 11 heteroatoms. The van der Waals surface area contributed by atoms with Gasteiger partial charge in [-0.1, -0.05) is 34.8 Å². The Morgan fingerprint density at radius 2 is 2.00 bits per heavy atom. The van der Waals surface area contributed by atoms with Crippen LogP contribution in [0.25, 0.3) is 11.0 Å². The number of rotatable bonds is 8. The number of halogens is 3. The Kier molecular flexibility index (Phi) is 6.69. The second-order valence-corrected chi connectivity index (χ2v) is 7.61. The molecule has 0 saturated heterocycles. The number of hydrogen-bond acceptors (Lipinski definition) is 6. The topological polar surface area (TPSA) is 129 Å². The minimum absolute atomic E-state index is 0.257. The maximum Gasteiger partial charge on any atom is 0.320 e. The van der Waals surface area contributed by atoms with Crippen LogP contribution in [0.2, 0.25) is 15.1 Å². The number of benzene rings is 1. The van der Waals surface area contributed by atoms with Crippen LogP contribution in [0.1, 0.15) is 18.4 Å². The number of carboxylic acid groups (broad SMARTS) is 1. The van der Waals surface area contributed by atoms with Gasteiger partial charge in [0.1, 0.15) is 17.3 Å². The van der Waals surface area contributed by atoms with Crippen LogP contribution < -0.4 is 16.2 Å². The molecular weight excluding hydrogens is 441 g/mol. The Morgan fingerprint density at radius 1 is 1.24 bits per heavy atom. The third kappa shape index (κ3) is 4.84. The lowest BCUT2D eigenvalue weighted by atomic mass is 10.1. The van der Waals surface area contributed by atoms with E-state index in [-0.39, 0.29) is 18.8 Å². The number of pyridine rings is 1. The minimum Gasteiger partial charge on any atom is -0.493 e. The maximum atomic E-state index is 10.8. The van der Waals surface area contributed by atoms with Crippen LogP contribution in [0.15, 0.2) is 24.7 Å². The van der Waals surface area contributed by atoms with E-state index < -0.39 is 12.0 Å². The standard InChI is InChI=1S/C18H18Cl3N5O3/c19-9-4-11(20)10(14(5-9)29-3-1-2-13(22)18(27)28)7-26-8-25-15-16(26)12(21)6-24-17(15)23/h4-6,8,13H,1-3,7,22H2,(H2,23,24)(H,27,28). The Labute approximate surface area is 181 Å². The van der Waals surface area contributed by atoms with E-state index in [1.807, 2.05) is 0 Å². The Morgan fingerprint density at radius 3 is 2.72 bits per heavy atom. The van der Waals surface area contributed by atoms with Crippen molar-refractivity contribution in [3.63, 3.8) is 0 Å². The van der Waals surface area contributed by atoms with E-state index in [1.165, 1.54) is 6.20 Å². The van der Waals surface area contributed by atoms with Gasteiger partial charge in [-0.15, -0.1) is 0 Å². The van der Waals surface area contributed by atoms with Gasteiger partial charge >= 0.3 is 5.97 Å². The van der Waals surface area contributed by atoms with Crippen molar-refractivity contribution in [2.24, 2.45) is 5.73 Å². The van der Waals surface area contributed by atoms with Gasteiger partial charge in [0.25, 0.3) is 0 Å². The first-order valence-corrected chi connectivity index (χ1v) is 9.75. The van der Waals surface area contributed by atoms with Crippen LogP contribution in [0.3, 0.4) is 0 Å². The highest BCUT2D eigenvalue weighted by atomic mass is 35.5. The van der Waals surface area contributed by atoms with Crippen molar-refractivity contribution in [3.05, 3.63) is 45.3 Å². The maximum absolute atomic E-state index is 10.8. The molecule has 29 heavy (non-hydrogen) atoms. The van der Waals surface area contributed by atoms with E-state index in [4.69, 9.17) is 56.1 Å². The first-order valence-electron chi connectivity index (χ1n) is 8.61. The summed E-state index contributed by atoms with van der Waals surface area (Å²) < 4.78 is 7.61. The van der Waals surface area contributed by atoms with Gasteiger partial charge in [-0.2, -0.15) is 0 Å². The summed E-state index contributed by atoms with van der Waals surface area (Å²) in [7, 11) is 0. The predicted molar refractivity (Wildman–Crippen MR) is 113 cm³/mol. The molecule has 1 unspecified atom stereocenters. The number of ether oxygens (including phenoxy) is 1. The predicted octanol–water partition coefficient (Wildman–Crippen LogP) is 3.59. The molecule has 1 aromatic carbocycles. The smallest absolute Gasteiger partial charge is 0.320 e. The van der Waals surface area contributed by atoms with E-state index in [9.17, 15) is 4.79 Å². The zero-order valence-electron chi connectivity index (χ0n) is 15.1. The number of carboxylic acids is 1. The number of hydrogen-bond donors (Lipinski definition) is 3. The van der Waals surface area contributed by atoms with Crippen LogP contribution in [0, 0.1) is 0 Å². The van der Waals surface area contributed by atoms with Crippen molar-refractivity contribution in [2.45, 2.75) is 25.4 Å². The van der Waals surface area contributed by atoms with Gasteiger partial charge in [0, 0.05) is 10.6 Å². The number of nitrogen functional groups attached to an aromatic ring is 1. The lowest BCUT2D eigenvalue weighted by molar-refractivity contribution is -0.138. The molecule has 2 heterocycles. The van der Waals surface area contributed by atoms with Crippen LogP contribution in [-0.2, 0) is 11.3 Å². The normalized spacial score (nSPS) is 12.3. The highest BCUT2D eigenvalue weighted by Crippen LogP contribution is 2.34. The molecule has 8 nitrogen and oxygen atoms in total. The lowest BCUT2D eigenvalue weighted by Crippen LogP contribution is -2.30. The van der Waals surface area contributed by atoms with E-state index in [2.05, 4.69) is 9.97 Å². The Balaban J connectivity index is 1.84. The fourth-order valence-electron chi connectivity index (χ4n) is 2.83. The quantitative estimate of drug-likeness (QED) is 0.440. The number of aliphatic carboxylic acids is 1. The Hall–Kier alpha value is -2.26. The van der Waals surface area contributed by atoms with Crippen molar-refractivity contribution in [1.82, 2.24) is 14.5 Å². The number of imidazole rings is 1. The molecule has 3 aromatic rings. The third-order valence-corrected chi connectivity index (χ3v) is 5.14. The molecular formula is C18H18Cl3N5O3. The number of anilines is 1. The number of aromatic nitrogens is 3. The summed E-state index contributed by atoms with van der Waals surface area (Å²) in [5.41, 5.74) is 13.2. The molecule has 0 spiro atoms. The highest BCUT2D eigenvalue weighted by molar-refractivity contribution is 6.36. The van der Waals surface area contributed by atoms with Crippen molar-refractivity contribution in [3.8, 4) is 5.75 Å². The molecule has 0 aliphatic rings. The number of nitrogens with zero attached hydrogens (tertiary/aromatic N) is 3. The third-order valence-electron chi connectivity index (χ3n) is 4.31. The SMILES string of the molecule is Nc1ncc(Cl)c2c1ncn2Cc1c(Cl)cc(Cl)cc1OCCCC(N)C(=O)O. The molecule has 5 N–H and O–H groups in total. The molecule has 0 radical (unpaired) electrons. The average Bonchev–Trinajstić information content (AvgIpc) is 3.09. The fraction of sp³-hybridized carbons (Fsp3) is 0.278. The van der Waals surface area contributed by atoms with Crippen molar-refractivity contribution >= 4 is 57.6 Å². The number of nitrogens with two attached hydrogens (primary N) is 2. The van der Waals surface area contributed by atoms with Gasteiger partial charge in [-0.25, -0.2) is 9.97 Å². The number of fused-ring (bicyclic) bond motifs is 1. The molecule has 0 amide bonds. The van der Waals surface area contributed by atoms with Crippen LogP contribution in [0.4, 0.5) is 5.82 Å². The first-order chi connectivity index (χ1) is 13.8. The van der Waals surface area contributed by atoms with Gasteiger partial charge in [0.15, 0.2) is 5.82 Å². The fourth-order valence-corrected chi connectivity index (χ4v) is 3.61. The minimum atomic E-state index is -1.05. The number of carbonyl (C=O) groups is 1. The van der Waals surface area contributed by atoms with Gasteiger partial charge in [0.2, 0.25) is 0 Å². The van der Waals surface area contributed by atoms with E-state index >= 15 is 0 Å². The van der Waals surface area contributed by atoms with Gasteiger partial charge < -0.3 is 25.9 Å². The first kappa shape index (κ1) is 21.4. The second kappa shape index (κ2) is 9.04. The molecule has 0 saturated carbocycles. The highest BCUT2D eigenvalue weighted by Gasteiger charge is 2.17. The van der Waals surface area contributed by atoms with Crippen molar-refractivity contribution in [1.29, 1.82) is 0 Å². The molecule has 154 valence electrons. The van der Waals surface area contributed by atoms with Crippen molar-refractivity contribution < 1.29 is 14.6 Å². The molecule has 2 aromatic heterocycles. The zero-order valence-corrected chi connectivity index (χ0v) is 17.4. The Bertz CT molecular complexity index is 1060. The van der Waals surface area contributed by atoms with E-state index in [1.54, 1.807) is 23.0 Å². The summed E-state index contributed by atoms with van der Waals surface area (Å²) in [5, 5.41) is 10.1. The van der Waals surface area contributed by atoms with Gasteiger partial charge in [0.05, 0.1) is 41.2 Å². The largest absolute Gasteiger partial charge is 0.493 e. The summed E-state index contributed by atoms with van der Waals surface area (Å²) in [6.45, 7) is 0.562. The van der Waals surface area contributed by atoms with E-state index in [0.29, 0.717) is 50.4 Å². The van der Waals surface area contributed by atoms with Crippen LogP contribution in [-0.4, -0.2) is 38.3 Å². The molecule has 0 bridgehead atoms. The van der Waals surface area contributed by atoms with Crippen LogP contribution in [0.5, 0.6) is 5.75 Å². The molecule has 1 atom stereocenters. The molecule has 0 aliphatic carbocycles. The van der Waals surface area contributed by atoms with Gasteiger partial charge in [-0.05, 0) is 25.0 Å². The summed E-state index contributed by atoms with van der Waals surface area (Å²) in [4.78, 5) is 19.1. The van der Waals surface area contributed by atoms with Gasteiger partial charge in [-0.3, -0.25) is 4.79 Å². The summed E-state index contributed by atoms with van der Waals surface area (Å²) in [5.74, 6) is -0.294. The van der Waals surface area contributed by atoms with Crippen molar-refractivity contribution in [2.75, 3.05) is 12.3 Å². The lowest BCUT2D eigenvalue weighted by Gasteiger charge is -2.15. The second-order valence-electron chi connectivity index (χ2n) is 6.36. The zero-order chi connectivity index (χ0) is 21.1. The average molecular weight is 459 g/mol. The molecule has 3 rings (SSSR count).